The van der Waals surface area contributed by atoms with Crippen molar-refractivity contribution in [2.75, 3.05) is 6.61 Å². The quantitative estimate of drug-likeness (QED) is 0.869. The van der Waals surface area contributed by atoms with E-state index in [0.29, 0.717) is 12.5 Å². The lowest BCUT2D eigenvalue weighted by molar-refractivity contribution is -0.138. The summed E-state index contributed by atoms with van der Waals surface area (Å²) in [6, 6.07) is 3.84. The Kier molecular flexibility index (Phi) is 3.60. The second-order valence-corrected chi connectivity index (χ2v) is 5.24. The van der Waals surface area contributed by atoms with Crippen LogP contribution in [-0.4, -0.2) is 17.7 Å². The fourth-order valence-corrected chi connectivity index (χ4v) is 1.96. The van der Waals surface area contributed by atoms with E-state index in [1.165, 1.54) is 12.8 Å². The molecule has 1 aromatic carbocycles. The molecule has 0 aliphatic heterocycles. The summed E-state index contributed by atoms with van der Waals surface area (Å²) in [5, 5.41) is 9.15. The number of benzene rings is 1. The summed E-state index contributed by atoms with van der Waals surface area (Å²) in [6.07, 6.45) is 2.46. The molecule has 0 bridgehead atoms. The highest BCUT2D eigenvalue weighted by Gasteiger charge is 2.25. The Morgan fingerprint density at radius 3 is 2.67 bits per heavy atom. The molecule has 1 N–H and O–H groups in total. The van der Waals surface area contributed by atoms with Crippen LogP contribution in [0.5, 0.6) is 5.75 Å². The van der Waals surface area contributed by atoms with Crippen LogP contribution >= 0.6 is 0 Å². The van der Waals surface area contributed by atoms with E-state index >= 15 is 0 Å². The van der Waals surface area contributed by atoms with Gasteiger partial charge in [-0.1, -0.05) is 12.1 Å². The molecular weight excluding hydrogens is 228 g/mol. The van der Waals surface area contributed by atoms with Gasteiger partial charge in [0.1, 0.15) is 5.75 Å². The number of carboxylic acid groups (broad SMARTS) is 1. The lowest BCUT2D eigenvalue weighted by atomic mass is 9.95. The zero-order valence-electron chi connectivity index (χ0n) is 11.2. The van der Waals surface area contributed by atoms with Gasteiger partial charge in [0.2, 0.25) is 0 Å². The van der Waals surface area contributed by atoms with Crippen LogP contribution in [0.1, 0.15) is 42.4 Å². The largest absolute Gasteiger partial charge is 0.493 e. The Labute approximate surface area is 108 Å². The predicted octanol–water partition coefficient (Wildman–Crippen LogP) is 3.28. The van der Waals surface area contributed by atoms with Crippen LogP contribution in [0.3, 0.4) is 0 Å². The van der Waals surface area contributed by atoms with Crippen LogP contribution in [0.25, 0.3) is 0 Å². The zero-order chi connectivity index (χ0) is 13.3. The molecule has 0 saturated heterocycles. The molecule has 2 rings (SSSR count). The number of hydrogen-bond acceptors (Lipinski definition) is 2. The van der Waals surface area contributed by atoms with Crippen molar-refractivity contribution in [3.63, 3.8) is 0 Å². The van der Waals surface area contributed by atoms with Crippen molar-refractivity contribution in [2.24, 2.45) is 5.92 Å². The molecule has 3 nitrogen and oxygen atoms in total. The average Bonchev–Trinajstić information content (AvgIpc) is 3.14. The van der Waals surface area contributed by atoms with Crippen molar-refractivity contribution in [3.05, 3.63) is 28.8 Å². The van der Waals surface area contributed by atoms with Gasteiger partial charge in [0.05, 0.1) is 12.5 Å². The van der Waals surface area contributed by atoms with Gasteiger partial charge < -0.3 is 9.84 Å². The van der Waals surface area contributed by atoms with Gasteiger partial charge in [0, 0.05) is 5.56 Å². The molecule has 1 fully saturated rings. The summed E-state index contributed by atoms with van der Waals surface area (Å²) in [4.78, 5) is 11.1. The van der Waals surface area contributed by atoms with E-state index in [1.807, 2.05) is 26.0 Å². The van der Waals surface area contributed by atoms with Gasteiger partial charge in [0.15, 0.2) is 0 Å². The summed E-state index contributed by atoms with van der Waals surface area (Å²) in [6.45, 7) is 6.43. The van der Waals surface area contributed by atoms with Gasteiger partial charge in [-0.05, 0) is 50.7 Å². The fourth-order valence-electron chi connectivity index (χ4n) is 1.96. The highest BCUT2D eigenvalue weighted by Crippen LogP contribution is 2.35. The van der Waals surface area contributed by atoms with E-state index in [-0.39, 0.29) is 0 Å². The maximum atomic E-state index is 11.1. The minimum Gasteiger partial charge on any atom is -0.493 e. The summed E-state index contributed by atoms with van der Waals surface area (Å²) >= 11 is 0. The van der Waals surface area contributed by atoms with Gasteiger partial charge in [-0.15, -0.1) is 0 Å². The van der Waals surface area contributed by atoms with Gasteiger partial charge in [-0.3, -0.25) is 4.79 Å². The Balaban J connectivity index is 2.30. The Morgan fingerprint density at radius 2 is 2.11 bits per heavy atom. The first kappa shape index (κ1) is 12.9. The van der Waals surface area contributed by atoms with E-state index < -0.39 is 11.9 Å². The standard InChI is InChI=1S/C15H20O3/c1-9-4-7-13(11(3)15(16)17)14(10(9)2)18-8-12-5-6-12/h4,7,11-12H,5-6,8H2,1-3H3,(H,16,17). The number of aryl methyl sites for hydroxylation is 1. The van der Waals surface area contributed by atoms with E-state index in [4.69, 9.17) is 9.84 Å². The van der Waals surface area contributed by atoms with E-state index in [2.05, 4.69) is 0 Å². The van der Waals surface area contributed by atoms with Crippen LogP contribution in [0, 0.1) is 19.8 Å². The van der Waals surface area contributed by atoms with Gasteiger partial charge in [-0.25, -0.2) is 0 Å². The number of carboxylic acids is 1. The molecule has 0 radical (unpaired) electrons. The normalized spacial score (nSPS) is 16.4. The topological polar surface area (TPSA) is 46.5 Å². The second-order valence-electron chi connectivity index (χ2n) is 5.24. The minimum atomic E-state index is -0.811. The summed E-state index contributed by atoms with van der Waals surface area (Å²) in [5.41, 5.74) is 2.98. The molecule has 0 amide bonds. The molecule has 1 aliphatic rings. The second kappa shape index (κ2) is 5.01. The third-order valence-corrected chi connectivity index (χ3v) is 3.70. The van der Waals surface area contributed by atoms with Gasteiger partial charge in [0.25, 0.3) is 0 Å². The molecule has 0 aromatic heterocycles. The SMILES string of the molecule is Cc1ccc(C(C)C(=O)O)c(OCC2CC2)c1C. The predicted molar refractivity (Wildman–Crippen MR) is 70.2 cm³/mol. The first-order valence-electron chi connectivity index (χ1n) is 6.46. The summed E-state index contributed by atoms with van der Waals surface area (Å²) in [7, 11) is 0. The number of hydrogen-bond donors (Lipinski definition) is 1. The van der Waals surface area contributed by atoms with E-state index in [9.17, 15) is 4.79 Å². The average molecular weight is 248 g/mol. The minimum absolute atomic E-state index is 0.529. The Bertz CT molecular complexity index is 461. The molecule has 1 aliphatic carbocycles. The van der Waals surface area contributed by atoms with Crippen LogP contribution < -0.4 is 4.74 Å². The maximum Gasteiger partial charge on any atom is 0.310 e. The van der Waals surface area contributed by atoms with Gasteiger partial charge in [-0.2, -0.15) is 0 Å². The van der Waals surface area contributed by atoms with Crippen LogP contribution in [0.2, 0.25) is 0 Å². The zero-order valence-corrected chi connectivity index (χ0v) is 11.2. The van der Waals surface area contributed by atoms with Crippen LogP contribution in [0.15, 0.2) is 12.1 Å². The Hall–Kier alpha value is -1.51. The summed E-state index contributed by atoms with van der Waals surface area (Å²) in [5.74, 6) is 0.0997. The molecule has 1 saturated carbocycles. The number of carbonyl (C=O) groups is 1. The Morgan fingerprint density at radius 1 is 1.44 bits per heavy atom. The first-order valence-corrected chi connectivity index (χ1v) is 6.46. The molecule has 1 aromatic rings. The third kappa shape index (κ3) is 2.66. The highest BCUT2D eigenvalue weighted by molar-refractivity contribution is 5.77. The van der Waals surface area contributed by atoms with Crippen molar-refractivity contribution >= 4 is 5.97 Å². The van der Waals surface area contributed by atoms with E-state index in [0.717, 1.165) is 22.4 Å². The molecule has 98 valence electrons. The number of ether oxygens (including phenoxy) is 1. The smallest absolute Gasteiger partial charge is 0.310 e. The molecule has 1 unspecified atom stereocenters. The summed E-state index contributed by atoms with van der Waals surface area (Å²) < 4.78 is 5.88. The van der Waals surface area contributed by atoms with Crippen molar-refractivity contribution in [1.29, 1.82) is 0 Å². The highest BCUT2D eigenvalue weighted by atomic mass is 16.5. The van der Waals surface area contributed by atoms with Crippen molar-refractivity contribution in [3.8, 4) is 5.75 Å². The molecule has 0 heterocycles. The molecule has 1 atom stereocenters. The molecule has 0 spiro atoms. The van der Waals surface area contributed by atoms with E-state index in [1.54, 1.807) is 6.92 Å². The molecule has 18 heavy (non-hydrogen) atoms. The van der Waals surface area contributed by atoms with Gasteiger partial charge >= 0.3 is 5.97 Å². The fraction of sp³-hybridized carbons (Fsp3) is 0.533. The number of rotatable bonds is 5. The monoisotopic (exact) mass is 248 g/mol. The maximum absolute atomic E-state index is 11.1. The third-order valence-electron chi connectivity index (χ3n) is 3.70. The lowest BCUT2D eigenvalue weighted by Gasteiger charge is -2.18. The molecular formula is C15H20O3. The van der Waals surface area contributed by atoms with Crippen molar-refractivity contribution in [2.45, 2.75) is 39.5 Å². The number of aliphatic carboxylic acids is 1. The van der Waals surface area contributed by atoms with Crippen molar-refractivity contribution in [1.82, 2.24) is 0 Å². The van der Waals surface area contributed by atoms with Crippen LogP contribution in [0.4, 0.5) is 0 Å². The molecule has 3 heteroatoms. The van der Waals surface area contributed by atoms with Crippen LogP contribution in [-0.2, 0) is 4.79 Å². The van der Waals surface area contributed by atoms with Crippen molar-refractivity contribution < 1.29 is 14.6 Å². The lowest BCUT2D eigenvalue weighted by Crippen LogP contribution is -2.12. The first-order chi connectivity index (χ1) is 8.50.